The molecule has 1 aromatic rings. The molecule has 0 aromatic heterocycles. The van der Waals surface area contributed by atoms with E-state index in [1.54, 1.807) is 0 Å². The molecular weight excluding hydrogens is 352 g/mol. The van der Waals surface area contributed by atoms with E-state index in [1.165, 1.54) is 0 Å². The van der Waals surface area contributed by atoms with Crippen molar-refractivity contribution in [3.63, 3.8) is 0 Å². The van der Waals surface area contributed by atoms with Gasteiger partial charge in [0.1, 0.15) is 0 Å². The highest BCUT2D eigenvalue weighted by atomic mass is 35.5. The summed E-state index contributed by atoms with van der Waals surface area (Å²) < 4.78 is 0. The molecule has 0 aliphatic carbocycles. The number of piperazine rings is 2. The molecule has 7 heteroatoms. The number of carbonyl (C=O) groups is 2. The quantitative estimate of drug-likeness (QED) is 0.825. The molecule has 1 aromatic carbocycles. The Morgan fingerprint density at radius 2 is 1.50 bits per heavy atom. The number of rotatable bonds is 5. The van der Waals surface area contributed by atoms with Crippen molar-refractivity contribution in [1.82, 2.24) is 20.0 Å². The first kappa shape index (κ1) is 19.1. The molecule has 26 heavy (non-hydrogen) atoms. The number of halogens is 1. The molecule has 0 radical (unpaired) electrons. The van der Waals surface area contributed by atoms with Crippen LogP contribution >= 0.6 is 11.6 Å². The summed E-state index contributed by atoms with van der Waals surface area (Å²) in [6, 6.07) is 7.44. The molecule has 3 rings (SSSR count). The van der Waals surface area contributed by atoms with Crippen molar-refractivity contribution in [2.75, 3.05) is 58.9 Å². The third-order valence-electron chi connectivity index (χ3n) is 5.11. The lowest BCUT2D eigenvalue weighted by Crippen LogP contribution is -2.50. The molecular formula is C19H27ClN4O2. The van der Waals surface area contributed by atoms with E-state index in [4.69, 9.17) is 11.6 Å². The van der Waals surface area contributed by atoms with Crippen molar-refractivity contribution in [3.05, 3.63) is 34.9 Å². The molecule has 0 bridgehead atoms. The van der Waals surface area contributed by atoms with E-state index >= 15 is 0 Å². The van der Waals surface area contributed by atoms with Crippen LogP contribution in [0.25, 0.3) is 0 Å². The number of amides is 2. The Hall–Kier alpha value is -1.63. The minimum Gasteiger partial charge on any atom is -0.340 e. The van der Waals surface area contributed by atoms with Gasteiger partial charge in [-0.2, -0.15) is 0 Å². The number of nitrogens with zero attached hydrogens (tertiary/aromatic N) is 3. The molecule has 2 heterocycles. The van der Waals surface area contributed by atoms with Crippen LogP contribution in [0.1, 0.15) is 12.0 Å². The van der Waals surface area contributed by atoms with Crippen molar-refractivity contribution in [2.45, 2.75) is 12.8 Å². The van der Waals surface area contributed by atoms with E-state index in [-0.39, 0.29) is 11.8 Å². The molecule has 2 fully saturated rings. The van der Waals surface area contributed by atoms with Gasteiger partial charge in [-0.3, -0.25) is 14.5 Å². The summed E-state index contributed by atoms with van der Waals surface area (Å²) in [5, 5.41) is 3.95. The van der Waals surface area contributed by atoms with Gasteiger partial charge in [-0.15, -0.1) is 0 Å². The van der Waals surface area contributed by atoms with Gasteiger partial charge in [-0.1, -0.05) is 23.7 Å². The van der Waals surface area contributed by atoms with Crippen LogP contribution in [0.4, 0.5) is 0 Å². The Balaban J connectivity index is 1.37. The third kappa shape index (κ3) is 5.43. The van der Waals surface area contributed by atoms with Crippen molar-refractivity contribution in [1.29, 1.82) is 0 Å². The predicted octanol–water partition coefficient (Wildman–Crippen LogP) is 0.849. The minimum atomic E-state index is 0.156. The van der Waals surface area contributed by atoms with E-state index in [0.717, 1.165) is 64.5 Å². The first-order chi connectivity index (χ1) is 12.6. The van der Waals surface area contributed by atoms with Gasteiger partial charge in [0.25, 0.3) is 0 Å². The molecule has 0 spiro atoms. The van der Waals surface area contributed by atoms with Crippen molar-refractivity contribution in [2.24, 2.45) is 0 Å². The average molecular weight is 379 g/mol. The van der Waals surface area contributed by atoms with E-state index in [2.05, 4.69) is 10.2 Å². The van der Waals surface area contributed by atoms with Crippen LogP contribution in [0.5, 0.6) is 0 Å². The van der Waals surface area contributed by atoms with Crippen molar-refractivity contribution in [3.8, 4) is 0 Å². The molecule has 0 unspecified atom stereocenters. The topological polar surface area (TPSA) is 55.9 Å². The molecule has 2 amide bonds. The first-order valence-corrected chi connectivity index (χ1v) is 9.73. The van der Waals surface area contributed by atoms with Crippen LogP contribution in [0.3, 0.4) is 0 Å². The molecule has 2 aliphatic rings. The average Bonchev–Trinajstić information content (AvgIpc) is 2.69. The second kappa shape index (κ2) is 9.35. The zero-order valence-corrected chi connectivity index (χ0v) is 15.9. The number of benzene rings is 1. The van der Waals surface area contributed by atoms with Gasteiger partial charge in [0, 0.05) is 70.3 Å². The van der Waals surface area contributed by atoms with Crippen LogP contribution in [0.15, 0.2) is 24.3 Å². The smallest absolute Gasteiger partial charge is 0.227 e. The zero-order valence-electron chi connectivity index (χ0n) is 15.1. The molecule has 0 atom stereocenters. The van der Waals surface area contributed by atoms with Crippen LogP contribution in [0, 0.1) is 0 Å². The van der Waals surface area contributed by atoms with E-state index in [1.807, 2.05) is 34.1 Å². The number of nitrogens with one attached hydrogen (secondary N) is 1. The zero-order chi connectivity index (χ0) is 18.4. The Morgan fingerprint density at radius 1 is 0.885 bits per heavy atom. The highest BCUT2D eigenvalue weighted by Gasteiger charge is 2.22. The predicted molar refractivity (Wildman–Crippen MR) is 102 cm³/mol. The van der Waals surface area contributed by atoms with Gasteiger partial charge in [-0.05, 0) is 17.7 Å². The minimum absolute atomic E-state index is 0.156. The first-order valence-electron chi connectivity index (χ1n) is 9.35. The van der Waals surface area contributed by atoms with E-state index in [9.17, 15) is 9.59 Å². The fraction of sp³-hybridized carbons (Fsp3) is 0.579. The summed E-state index contributed by atoms with van der Waals surface area (Å²) in [5.74, 6) is 0.400. The highest BCUT2D eigenvalue weighted by molar-refractivity contribution is 6.30. The Morgan fingerprint density at radius 3 is 2.15 bits per heavy atom. The molecule has 2 aliphatic heterocycles. The number of carbonyl (C=O) groups excluding carboxylic acids is 2. The maximum absolute atomic E-state index is 12.4. The number of hydrogen-bond acceptors (Lipinski definition) is 4. The van der Waals surface area contributed by atoms with Crippen LogP contribution in [0.2, 0.25) is 5.02 Å². The summed E-state index contributed by atoms with van der Waals surface area (Å²) in [7, 11) is 0. The van der Waals surface area contributed by atoms with E-state index < -0.39 is 0 Å². The van der Waals surface area contributed by atoms with Crippen LogP contribution < -0.4 is 5.32 Å². The Bertz CT molecular complexity index is 608. The second-order valence-electron chi connectivity index (χ2n) is 6.91. The second-order valence-corrected chi connectivity index (χ2v) is 7.34. The summed E-state index contributed by atoms with van der Waals surface area (Å²) in [6.07, 6.45) is 0.984. The SMILES string of the molecule is O=C(CCN1CCN(C(=O)Cc2ccc(Cl)cc2)CC1)N1CCNCC1. The van der Waals surface area contributed by atoms with Gasteiger partial charge in [0.05, 0.1) is 6.42 Å². The van der Waals surface area contributed by atoms with Crippen molar-refractivity contribution >= 4 is 23.4 Å². The largest absolute Gasteiger partial charge is 0.340 e. The lowest BCUT2D eigenvalue weighted by molar-refractivity contribution is -0.134. The summed E-state index contributed by atoms with van der Waals surface area (Å²) in [6.45, 7) is 7.31. The van der Waals surface area contributed by atoms with Gasteiger partial charge in [-0.25, -0.2) is 0 Å². The lowest BCUT2D eigenvalue weighted by atomic mass is 10.1. The highest BCUT2D eigenvalue weighted by Crippen LogP contribution is 2.12. The molecule has 6 nitrogen and oxygen atoms in total. The Kier molecular flexibility index (Phi) is 6.88. The fourth-order valence-corrected chi connectivity index (χ4v) is 3.56. The monoisotopic (exact) mass is 378 g/mol. The maximum Gasteiger partial charge on any atom is 0.227 e. The molecule has 0 saturated carbocycles. The standard InChI is InChI=1S/C19H27ClN4O2/c20-17-3-1-16(2-4-17)15-19(26)24-13-11-22(12-14-24)8-5-18(25)23-9-6-21-7-10-23/h1-4,21H,5-15H2. The molecule has 1 N–H and O–H groups in total. The van der Waals surface area contributed by atoms with Crippen LogP contribution in [-0.2, 0) is 16.0 Å². The number of hydrogen-bond donors (Lipinski definition) is 1. The maximum atomic E-state index is 12.4. The van der Waals surface area contributed by atoms with Gasteiger partial charge in [0.2, 0.25) is 11.8 Å². The summed E-state index contributed by atoms with van der Waals surface area (Å²) >= 11 is 5.88. The lowest BCUT2D eigenvalue weighted by Gasteiger charge is -2.35. The van der Waals surface area contributed by atoms with Crippen LogP contribution in [-0.4, -0.2) is 85.4 Å². The Labute approximate surface area is 160 Å². The fourth-order valence-electron chi connectivity index (χ4n) is 3.44. The van der Waals surface area contributed by atoms with Gasteiger partial charge in [0.15, 0.2) is 0 Å². The van der Waals surface area contributed by atoms with Crippen molar-refractivity contribution < 1.29 is 9.59 Å². The normalized spacial score (nSPS) is 18.8. The molecule has 142 valence electrons. The van der Waals surface area contributed by atoms with Gasteiger partial charge < -0.3 is 15.1 Å². The summed E-state index contributed by atoms with van der Waals surface area (Å²) in [4.78, 5) is 30.8. The third-order valence-corrected chi connectivity index (χ3v) is 5.36. The van der Waals surface area contributed by atoms with Gasteiger partial charge >= 0.3 is 0 Å². The van der Waals surface area contributed by atoms with E-state index in [0.29, 0.717) is 17.9 Å². The molecule has 2 saturated heterocycles. The summed E-state index contributed by atoms with van der Waals surface area (Å²) in [5.41, 5.74) is 0.989.